The lowest BCUT2D eigenvalue weighted by atomic mass is 10.2. The molecule has 0 amide bonds. The van der Waals surface area contributed by atoms with Gasteiger partial charge < -0.3 is 0 Å². The van der Waals surface area contributed by atoms with E-state index in [4.69, 9.17) is 0 Å². The van der Waals surface area contributed by atoms with Gasteiger partial charge in [0.25, 0.3) is 0 Å². The van der Waals surface area contributed by atoms with Crippen LogP contribution in [0.1, 0.15) is 31.9 Å². The third-order valence-electron chi connectivity index (χ3n) is 1.33. The Labute approximate surface area is 87.2 Å². The number of terminal acetylenes is 1. The number of hydrogen-bond donors (Lipinski definition) is 0. The normalized spacial score (nSPS) is 7.21. The lowest BCUT2D eigenvalue weighted by molar-refractivity contribution is 0.617. The minimum absolute atomic E-state index is 0.116. The van der Waals surface area contributed by atoms with E-state index in [9.17, 15) is 4.39 Å². The second-order valence-electron chi connectivity index (χ2n) is 2.54. The van der Waals surface area contributed by atoms with Crippen LogP contribution in [0.3, 0.4) is 0 Å². The first kappa shape index (κ1) is 15.2. The molecule has 0 heterocycles. The van der Waals surface area contributed by atoms with Crippen molar-refractivity contribution >= 4 is 0 Å². The molecule has 14 heavy (non-hydrogen) atoms. The molecule has 0 aromatic heterocycles. The summed E-state index contributed by atoms with van der Waals surface area (Å²) in [4.78, 5) is 0. The van der Waals surface area contributed by atoms with Gasteiger partial charge in [0.2, 0.25) is 0 Å². The Bertz CT molecular complexity index is 282. The van der Waals surface area contributed by atoms with Crippen LogP contribution >= 0.6 is 0 Å². The zero-order valence-electron chi connectivity index (χ0n) is 9.69. The minimum atomic E-state index is -0.116. The molecule has 0 saturated heterocycles. The molecule has 0 radical (unpaired) electrons. The molecule has 1 heteroatoms. The summed E-state index contributed by atoms with van der Waals surface area (Å²) in [5.74, 6) is 2.13. The van der Waals surface area contributed by atoms with Crippen molar-refractivity contribution in [2.45, 2.75) is 34.6 Å². The van der Waals surface area contributed by atoms with Crippen molar-refractivity contribution in [1.29, 1.82) is 0 Å². The van der Waals surface area contributed by atoms with Crippen LogP contribution in [0.15, 0.2) is 18.2 Å². The smallest absolute Gasteiger partial charge is 0.126 e. The van der Waals surface area contributed by atoms with Crippen molar-refractivity contribution in [2.24, 2.45) is 0 Å². The summed E-state index contributed by atoms with van der Waals surface area (Å²) < 4.78 is 12.6. The fourth-order valence-electron chi connectivity index (χ4n) is 0.698. The van der Waals surface area contributed by atoms with Crippen LogP contribution in [0.5, 0.6) is 0 Å². The molecule has 0 N–H and O–H groups in total. The van der Waals surface area contributed by atoms with Crippen LogP contribution in [-0.2, 0) is 0 Å². The van der Waals surface area contributed by atoms with Crippen molar-refractivity contribution in [2.75, 3.05) is 0 Å². The van der Waals surface area contributed by atoms with Crippen LogP contribution in [0.2, 0.25) is 0 Å². The van der Waals surface area contributed by atoms with Crippen LogP contribution < -0.4 is 0 Å². The summed E-state index contributed by atoms with van der Waals surface area (Å²) in [6.45, 7) is 9.29. The maximum Gasteiger partial charge on any atom is 0.126 e. The molecule has 0 atom stereocenters. The largest absolute Gasteiger partial charge is 0.207 e. The quantitative estimate of drug-likeness (QED) is 0.545. The van der Waals surface area contributed by atoms with Gasteiger partial charge in [-0.05, 0) is 38.0 Å². The second kappa shape index (κ2) is 9.80. The molecule has 0 aliphatic heterocycles. The molecule has 0 aliphatic carbocycles. The lowest BCUT2D eigenvalue weighted by Crippen LogP contribution is -1.81. The maximum absolute atomic E-state index is 12.6. The van der Waals surface area contributed by atoms with E-state index in [-0.39, 0.29) is 5.82 Å². The molecule has 0 fully saturated rings. The lowest BCUT2D eigenvalue weighted by Gasteiger charge is -1.94. The molecule has 0 nitrogen and oxygen atoms in total. The average molecular weight is 194 g/mol. The second-order valence-corrected chi connectivity index (χ2v) is 2.54. The van der Waals surface area contributed by atoms with Gasteiger partial charge in [0.05, 0.1) is 0 Å². The molecular formula is C13H19F. The van der Waals surface area contributed by atoms with Gasteiger partial charge in [0.1, 0.15) is 5.82 Å². The topological polar surface area (TPSA) is 0 Å². The first-order chi connectivity index (χ1) is 6.61. The van der Waals surface area contributed by atoms with Crippen LogP contribution in [0.4, 0.5) is 4.39 Å². The Morgan fingerprint density at radius 3 is 1.93 bits per heavy atom. The highest BCUT2D eigenvalue weighted by Crippen LogP contribution is 2.06. The predicted molar refractivity (Wildman–Crippen MR) is 61.7 cm³/mol. The highest BCUT2D eigenvalue weighted by Gasteiger charge is 1.93. The third kappa shape index (κ3) is 7.36. The number of hydrogen-bond acceptors (Lipinski definition) is 0. The van der Waals surface area contributed by atoms with Gasteiger partial charge in [-0.15, -0.1) is 12.3 Å². The molecule has 0 aliphatic rings. The zero-order chi connectivity index (χ0) is 11.6. The molecule has 0 saturated carbocycles. The molecular weight excluding hydrogens is 175 g/mol. The Hall–Kier alpha value is -1.29. The molecule has 0 bridgehead atoms. The van der Waals surface area contributed by atoms with Gasteiger partial charge in [-0.1, -0.05) is 26.0 Å². The van der Waals surface area contributed by atoms with E-state index in [0.29, 0.717) is 5.56 Å². The summed E-state index contributed by atoms with van der Waals surface area (Å²) in [7, 11) is 0. The monoisotopic (exact) mass is 194 g/mol. The third-order valence-corrected chi connectivity index (χ3v) is 1.33. The maximum atomic E-state index is 12.6. The fraction of sp³-hybridized carbons (Fsp3) is 0.385. The van der Waals surface area contributed by atoms with Crippen LogP contribution in [-0.4, -0.2) is 0 Å². The molecule has 1 aromatic rings. The highest BCUT2D eigenvalue weighted by molar-refractivity contribution is 5.21. The van der Waals surface area contributed by atoms with E-state index in [1.165, 1.54) is 6.07 Å². The first-order valence-electron chi connectivity index (χ1n) is 4.72. The summed E-state index contributed by atoms with van der Waals surface area (Å²) in [5, 5.41) is 0. The van der Waals surface area contributed by atoms with Gasteiger partial charge in [0.15, 0.2) is 0 Å². The van der Waals surface area contributed by atoms with Gasteiger partial charge in [-0.25, -0.2) is 4.39 Å². The Morgan fingerprint density at radius 2 is 1.64 bits per heavy atom. The van der Waals surface area contributed by atoms with E-state index in [2.05, 4.69) is 12.3 Å². The Balaban J connectivity index is 0. The van der Waals surface area contributed by atoms with E-state index < -0.39 is 0 Å². The molecule has 0 unspecified atom stereocenters. The molecule has 1 aromatic carbocycles. The number of rotatable bonds is 0. The fourth-order valence-corrected chi connectivity index (χ4v) is 0.698. The minimum Gasteiger partial charge on any atom is -0.207 e. The van der Waals surface area contributed by atoms with Crippen molar-refractivity contribution in [3.05, 3.63) is 35.1 Å². The van der Waals surface area contributed by atoms with Gasteiger partial charge >= 0.3 is 0 Å². The predicted octanol–water partition coefficient (Wildman–Crippen LogP) is 4.11. The number of aryl methyl sites for hydroxylation is 2. The average Bonchev–Trinajstić information content (AvgIpc) is 2.17. The Kier molecular flexibility index (Phi) is 10.6. The van der Waals surface area contributed by atoms with Crippen molar-refractivity contribution in [1.82, 2.24) is 0 Å². The first-order valence-corrected chi connectivity index (χ1v) is 4.72. The van der Waals surface area contributed by atoms with Gasteiger partial charge in [-0.3, -0.25) is 0 Å². The van der Waals surface area contributed by atoms with Crippen LogP contribution in [0, 0.1) is 32.0 Å². The molecule has 0 spiro atoms. The van der Waals surface area contributed by atoms with E-state index in [1.807, 2.05) is 26.8 Å². The Morgan fingerprint density at radius 1 is 1.21 bits per heavy atom. The summed E-state index contributed by atoms with van der Waals surface area (Å²) >= 11 is 0. The zero-order valence-corrected chi connectivity index (χ0v) is 9.69. The highest BCUT2D eigenvalue weighted by atomic mass is 19.1. The summed E-state index contributed by atoms with van der Waals surface area (Å²) in [6.07, 6.45) is 4.60. The number of halogens is 1. The standard InChI is InChI=1S/C8H9F.C3H4.C2H6/c1-6-3-4-7(2)8(9)5-6;1-3-2;1-2/h3-5H,1-2H3;1H,2H3;1-2H3. The van der Waals surface area contributed by atoms with Crippen molar-refractivity contribution in [3.8, 4) is 12.3 Å². The van der Waals surface area contributed by atoms with Crippen molar-refractivity contribution in [3.63, 3.8) is 0 Å². The van der Waals surface area contributed by atoms with Crippen LogP contribution in [0.25, 0.3) is 0 Å². The van der Waals surface area contributed by atoms with Gasteiger partial charge in [-0.2, -0.15) is 0 Å². The van der Waals surface area contributed by atoms with Gasteiger partial charge in [0, 0.05) is 0 Å². The van der Waals surface area contributed by atoms with Crippen molar-refractivity contribution < 1.29 is 4.39 Å². The van der Waals surface area contributed by atoms with E-state index in [0.717, 1.165) is 5.56 Å². The number of benzene rings is 1. The summed E-state index contributed by atoms with van der Waals surface area (Å²) in [5.41, 5.74) is 1.68. The molecule has 78 valence electrons. The summed E-state index contributed by atoms with van der Waals surface area (Å²) in [6, 6.07) is 5.22. The SMILES string of the molecule is C#CC.CC.Cc1ccc(C)c(F)c1. The molecule has 1 rings (SSSR count). The van der Waals surface area contributed by atoms with E-state index >= 15 is 0 Å². The van der Waals surface area contributed by atoms with E-state index in [1.54, 1.807) is 19.9 Å².